The number of anilines is 1. The molecule has 2 amide bonds. The second-order valence-electron chi connectivity index (χ2n) is 12.5. The van der Waals surface area contributed by atoms with Crippen molar-refractivity contribution in [2.24, 2.45) is 0 Å². The molecule has 232 valence electrons. The van der Waals surface area contributed by atoms with Gasteiger partial charge in [0.15, 0.2) is 0 Å². The van der Waals surface area contributed by atoms with Crippen LogP contribution in [0.3, 0.4) is 0 Å². The Hall–Kier alpha value is -6.52. The van der Waals surface area contributed by atoms with E-state index in [-0.39, 0.29) is 11.8 Å². The summed E-state index contributed by atoms with van der Waals surface area (Å²) >= 11 is 0. The number of para-hydroxylation sites is 2. The first kappa shape index (κ1) is 28.7. The molecule has 0 radical (unpaired) electrons. The largest absolute Gasteiger partial charge is 0.308 e. The summed E-state index contributed by atoms with van der Waals surface area (Å²) in [5.41, 5.74) is 11.0. The van der Waals surface area contributed by atoms with Gasteiger partial charge in [0.1, 0.15) is 0 Å². The van der Waals surface area contributed by atoms with Crippen LogP contribution in [0.1, 0.15) is 26.3 Å². The van der Waals surface area contributed by atoms with Crippen LogP contribution in [-0.4, -0.2) is 16.4 Å². The number of rotatable bonds is 5. The van der Waals surface area contributed by atoms with E-state index in [4.69, 9.17) is 0 Å². The van der Waals surface area contributed by atoms with Crippen LogP contribution in [0.4, 0.5) is 5.69 Å². The minimum absolute atomic E-state index is 0.329. The number of hydrogen-bond acceptors (Lipinski definition) is 2. The average molecular weight is 631 g/mol. The summed E-state index contributed by atoms with van der Waals surface area (Å²) in [7, 11) is 0. The Bertz CT molecular complexity index is 2530. The molecule has 49 heavy (non-hydrogen) atoms. The van der Waals surface area contributed by atoms with Gasteiger partial charge in [-0.1, -0.05) is 139 Å². The van der Waals surface area contributed by atoms with Crippen LogP contribution in [0.15, 0.2) is 164 Å². The van der Waals surface area contributed by atoms with Crippen molar-refractivity contribution in [1.82, 2.24) is 4.57 Å². The van der Waals surface area contributed by atoms with Crippen molar-refractivity contribution in [3.8, 4) is 39.1 Å². The van der Waals surface area contributed by atoms with E-state index in [1.807, 2.05) is 103 Å². The number of hydrogen-bond donors (Lipinski definition) is 0. The molecule has 0 aliphatic carbocycles. The van der Waals surface area contributed by atoms with Gasteiger partial charge in [0.2, 0.25) is 0 Å². The first-order valence-electron chi connectivity index (χ1n) is 16.4. The van der Waals surface area contributed by atoms with Gasteiger partial charge >= 0.3 is 0 Å². The standard InChI is InChI=1S/C45H30N2O2/c1-29-22-24-30(25-23-29)33-26-27-40-38(28-33)36-16-8-9-20-39(36)46(40)41-21-11-19-37-42(41)45(49)47(44(37)48)43-34(31-12-4-2-5-13-31)17-10-18-35(43)32-14-6-3-7-15-32/h2-28H,1H3. The molecule has 0 bridgehead atoms. The first-order valence-corrected chi connectivity index (χ1v) is 16.4. The molecule has 1 aromatic heterocycles. The lowest BCUT2D eigenvalue weighted by Crippen LogP contribution is -2.30. The maximum atomic E-state index is 14.9. The van der Waals surface area contributed by atoms with E-state index in [2.05, 4.69) is 66.1 Å². The van der Waals surface area contributed by atoms with E-state index in [1.165, 1.54) is 10.5 Å². The van der Waals surface area contributed by atoms with Crippen LogP contribution in [0.25, 0.3) is 60.9 Å². The highest BCUT2D eigenvalue weighted by Crippen LogP contribution is 2.45. The van der Waals surface area contributed by atoms with E-state index in [0.717, 1.165) is 55.2 Å². The Morgan fingerprint density at radius 3 is 1.69 bits per heavy atom. The molecule has 7 aromatic carbocycles. The lowest BCUT2D eigenvalue weighted by molar-refractivity contribution is 0.0926. The van der Waals surface area contributed by atoms with Gasteiger partial charge < -0.3 is 4.57 Å². The second-order valence-corrected chi connectivity index (χ2v) is 12.5. The minimum atomic E-state index is -0.335. The molecule has 0 saturated heterocycles. The summed E-state index contributed by atoms with van der Waals surface area (Å²) in [5.74, 6) is -0.664. The van der Waals surface area contributed by atoms with Gasteiger partial charge in [-0.3, -0.25) is 9.59 Å². The van der Waals surface area contributed by atoms with E-state index in [0.29, 0.717) is 22.5 Å². The number of carbonyl (C=O) groups is 2. The molecule has 0 unspecified atom stereocenters. The zero-order valence-electron chi connectivity index (χ0n) is 26.8. The highest BCUT2D eigenvalue weighted by atomic mass is 16.2. The fourth-order valence-electron chi connectivity index (χ4n) is 7.30. The van der Waals surface area contributed by atoms with E-state index in [1.54, 1.807) is 6.07 Å². The van der Waals surface area contributed by atoms with Crippen molar-refractivity contribution in [3.05, 3.63) is 180 Å². The van der Waals surface area contributed by atoms with Crippen molar-refractivity contribution in [2.45, 2.75) is 6.92 Å². The van der Waals surface area contributed by atoms with Crippen molar-refractivity contribution in [1.29, 1.82) is 0 Å². The Kier molecular flexibility index (Phi) is 6.63. The van der Waals surface area contributed by atoms with Crippen molar-refractivity contribution in [2.75, 3.05) is 4.90 Å². The molecule has 2 heterocycles. The molecule has 0 fully saturated rings. The van der Waals surface area contributed by atoms with Crippen molar-refractivity contribution < 1.29 is 9.59 Å². The van der Waals surface area contributed by atoms with Crippen LogP contribution < -0.4 is 4.90 Å². The van der Waals surface area contributed by atoms with Crippen LogP contribution in [0.5, 0.6) is 0 Å². The molecule has 9 rings (SSSR count). The highest BCUT2D eigenvalue weighted by Gasteiger charge is 2.41. The number of fused-ring (bicyclic) bond motifs is 4. The summed E-state index contributed by atoms with van der Waals surface area (Å²) in [6.45, 7) is 2.09. The van der Waals surface area contributed by atoms with E-state index in [9.17, 15) is 9.59 Å². The zero-order chi connectivity index (χ0) is 33.1. The van der Waals surface area contributed by atoms with Crippen LogP contribution in [0.2, 0.25) is 0 Å². The molecule has 4 nitrogen and oxygen atoms in total. The number of benzene rings is 7. The molecule has 0 spiro atoms. The summed E-state index contributed by atoms with van der Waals surface area (Å²) in [5, 5.41) is 2.17. The average Bonchev–Trinajstić information content (AvgIpc) is 3.62. The topological polar surface area (TPSA) is 42.3 Å². The number of imide groups is 1. The van der Waals surface area contributed by atoms with E-state index >= 15 is 0 Å². The van der Waals surface area contributed by atoms with Crippen LogP contribution >= 0.6 is 0 Å². The quantitative estimate of drug-likeness (QED) is 0.178. The summed E-state index contributed by atoms with van der Waals surface area (Å²) in [4.78, 5) is 30.9. The molecule has 1 aliphatic heterocycles. The monoisotopic (exact) mass is 630 g/mol. The van der Waals surface area contributed by atoms with Gasteiger partial charge in [0, 0.05) is 21.9 Å². The van der Waals surface area contributed by atoms with Gasteiger partial charge in [-0.15, -0.1) is 0 Å². The SMILES string of the molecule is Cc1ccc(-c2ccc3c(c2)c2ccccc2n3-c2cccc3c2C(=O)N(c2c(-c4ccccc4)cccc2-c2ccccc2)C3=O)cc1. The number of amides is 2. The summed E-state index contributed by atoms with van der Waals surface area (Å²) < 4.78 is 2.14. The van der Waals surface area contributed by atoms with Gasteiger partial charge in [-0.05, 0) is 59.5 Å². The molecule has 0 saturated carbocycles. The molecule has 0 atom stereocenters. The number of aromatic nitrogens is 1. The second kappa shape index (κ2) is 11.3. The van der Waals surface area contributed by atoms with Crippen LogP contribution in [-0.2, 0) is 0 Å². The molecular weight excluding hydrogens is 601 g/mol. The van der Waals surface area contributed by atoms with Gasteiger partial charge in [0.25, 0.3) is 11.8 Å². The van der Waals surface area contributed by atoms with Crippen molar-refractivity contribution in [3.63, 3.8) is 0 Å². The Balaban J connectivity index is 1.26. The lowest BCUT2D eigenvalue weighted by Gasteiger charge is -2.23. The van der Waals surface area contributed by atoms with Crippen LogP contribution in [0, 0.1) is 6.92 Å². The third kappa shape index (κ3) is 4.53. The molecule has 1 aliphatic rings. The smallest absolute Gasteiger partial charge is 0.268 e. The van der Waals surface area contributed by atoms with Gasteiger partial charge in [-0.25, -0.2) is 4.90 Å². The Morgan fingerprint density at radius 2 is 1.00 bits per heavy atom. The summed E-state index contributed by atoms with van der Waals surface area (Å²) in [6, 6.07) is 54.8. The lowest BCUT2D eigenvalue weighted by atomic mass is 9.95. The van der Waals surface area contributed by atoms with E-state index < -0.39 is 0 Å². The predicted octanol–water partition coefficient (Wildman–Crippen LogP) is 10.9. The number of aryl methyl sites for hydroxylation is 1. The maximum Gasteiger partial charge on any atom is 0.268 e. The maximum absolute atomic E-state index is 14.9. The molecular formula is C45H30N2O2. The van der Waals surface area contributed by atoms with Gasteiger partial charge in [-0.2, -0.15) is 0 Å². The fraction of sp³-hybridized carbons (Fsp3) is 0.0222. The third-order valence-corrected chi connectivity index (χ3v) is 9.62. The first-order chi connectivity index (χ1) is 24.1. The highest BCUT2D eigenvalue weighted by molar-refractivity contribution is 6.37. The predicted molar refractivity (Wildman–Crippen MR) is 199 cm³/mol. The number of nitrogens with zero attached hydrogens (tertiary/aromatic N) is 2. The van der Waals surface area contributed by atoms with Gasteiger partial charge in [0.05, 0.1) is 33.5 Å². The molecule has 0 N–H and O–H groups in total. The normalized spacial score (nSPS) is 12.6. The summed E-state index contributed by atoms with van der Waals surface area (Å²) in [6.07, 6.45) is 0. The molecule has 4 heteroatoms. The third-order valence-electron chi connectivity index (χ3n) is 9.62. The van der Waals surface area contributed by atoms with Crippen molar-refractivity contribution >= 4 is 39.3 Å². The minimum Gasteiger partial charge on any atom is -0.308 e. The molecule has 8 aromatic rings. The fourth-order valence-corrected chi connectivity index (χ4v) is 7.30. The zero-order valence-corrected chi connectivity index (χ0v) is 26.8. The Morgan fingerprint density at radius 1 is 0.429 bits per heavy atom. The number of carbonyl (C=O) groups excluding carboxylic acids is 2. The Labute approximate surface area is 284 Å².